The van der Waals surface area contributed by atoms with Gasteiger partial charge in [0.05, 0.1) is 0 Å². The van der Waals surface area contributed by atoms with Crippen molar-refractivity contribution in [2.75, 3.05) is 5.32 Å². The molecule has 0 fully saturated rings. The summed E-state index contributed by atoms with van der Waals surface area (Å²) in [4.78, 5) is 16.4. The van der Waals surface area contributed by atoms with Crippen molar-refractivity contribution in [2.45, 2.75) is 27.7 Å². The largest absolute Gasteiger partial charge is 0.320 e. The Bertz CT molecular complexity index is 612. The van der Waals surface area contributed by atoms with Crippen molar-refractivity contribution in [3.05, 3.63) is 58.4 Å². The van der Waals surface area contributed by atoms with Crippen LogP contribution in [0, 0.1) is 27.7 Å². The van der Waals surface area contributed by atoms with Crippen molar-refractivity contribution in [1.82, 2.24) is 4.98 Å². The van der Waals surface area contributed by atoms with Gasteiger partial charge in [-0.15, -0.1) is 0 Å². The average molecular weight is 254 g/mol. The number of aryl methyl sites for hydroxylation is 4. The zero-order valence-electron chi connectivity index (χ0n) is 11.7. The molecule has 2 rings (SSSR count). The molecule has 0 unspecified atom stereocenters. The lowest BCUT2D eigenvalue weighted by atomic mass is 10.1. The number of carbonyl (C=O) groups excluding carboxylic acids is 1. The molecule has 0 saturated carbocycles. The van der Waals surface area contributed by atoms with Crippen LogP contribution in [0.2, 0.25) is 0 Å². The maximum absolute atomic E-state index is 12.2. The minimum absolute atomic E-state index is 0.168. The first-order valence-corrected chi connectivity index (χ1v) is 6.29. The van der Waals surface area contributed by atoms with E-state index in [1.807, 2.05) is 52.0 Å². The van der Waals surface area contributed by atoms with Crippen LogP contribution in [-0.2, 0) is 0 Å². The number of nitrogens with zero attached hydrogens (tertiary/aromatic N) is 1. The van der Waals surface area contributed by atoms with E-state index >= 15 is 0 Å². The second-order valence-corrected chi connectivity index (χ2v) is 4.94. The molecule has 0 aliphatic heterocycles. The van der Waals surface area contributed by atoms with Gasteiger partial charge in [-0.05, 0) is 57.0 Å². The fraction of sp³-hybridized carbons (Fsp3) is 0.250. The molecule has 98 valence electrons. The Hall–Kier alpha value is -2.16. The summed E-state index contributed by atoms with van der Waals surface area (Å²) in [6, 6.07) is 9.70. The molecular formula is C16H18N2O. The van der Waals surface area contributed by atoms with Crippen molar-refractivity contribution in [3.63, 3.8) is 0 Å². The molecule has 3 nitrogen and oxygen atoms in total. The number of benzene rings is 1. The molecular weight excluding hydrogens is 236 g/mol. The lowest BCUT2D eigenvalue weighted by Gasteiger charge is -2.09. The molecule has 2 aromatic rings. The van der Waals surface area contributed by atoms with E-state index in [0.29, 0.717) is 5.69 Å². The van der Waals surface area contributed by atoms with Gasteiger partial charge in [-0.2, -0.15) is 0 Å². The van der Waals surface area contributed by atoms with Crippen LogP contribution in [-0.4, -0.2) is 10.9 Å². The maximum Gasteiger partial charge on any atom is 0.274 e. The van der Waals surface area contributed by atoms with E-state index in [2.05, 4.69) is 10.3 Å². The number of nitrogens with one attached hydrogen (secondary N) is 1. The highest BCUT2D eigenvalue weighted by Gasteiger charge is 2.10. The summed E-state index contributed by atoms with van der Waals surface area (Å²) in [6.07, 6.45) is 0. The third-order valence-corrected chi connectivity index (χ3v) is 2.96. The average Bonchev–Trinajstić information content (AvgIpc) is 2.31. The quantitative estimate of drug-likeness (QED) is 0.890. The van der Waals surface area contributed by atoms with Crippen LogP contribution in [0.4, 0.5) is 5.69 Å². The molecule has 0 bridgehead atoms. The smallest absolute Gasteiger partial charge is 0.274 e. The maximum atomic E-state index is 12.2. The van der Waals surface area contributed by atoms with Crippen LogP contribution >= 0.6 is 0 Å². The van der Waals surface area contributed by atoms with Gasteiger partial charge in [-0.3, -0.25) is 4.79 Å². The van der Waals surface area contributed by atoms with Gasteiger partial charge in [0.15, 0.2) is 0 Å². The summed E-state index contributed by atoms with van der Waals surface area (Å²) in [5.74, 6) is -0.168. The van der Waals surface area contributed by atoms with Crippen molar-refractivity contribution < 1.29 is 4.79 Å². The fourth-order valence-electron chi connectivity index (χ4n) is 2.10. The van der Waals surface area contributed by atoms with E-state index in [4.69, 9.17) is 0 Å². The third kappa shape index (κ3) is 3.19. The molecule has 0 aliphatic carbocycles. The monoisotopic (exact) mass is 254 g/mol. The first kappa shape index (κ1) is 13.3. The third-order valence-electron chi connectivity index (χ3n) is 2.96. The van der Waals surface area contributed by atoms with Crippen LogP contribution in [0.5, 0.6) is 0 Å². The highest BCUT2D eigenvalue weighted by atomic mass is 16.1. The molecule has 0 aliphatic rings. The standard InChI is InChI=1S/C16H18N2O/c1-10-5-6-14(12(3)7-10)18-16(19)15-9-11(2)8-13(4)17-15/h5-9H,1-4H3,(H,18,19). The van der Waals surface area contributed by atoms with Crippen molar-refractivity contribution in [1.29, 1.82) is 0 Å². The van der Waals surface area contributed by atoms with E-state index in [9.17, 15) is 4.79 Å². The molecule has 3 heteroatoms. The van der Waals surface area contributed by atoms with E-state index < -0.39 is 0 Å². The Balaban J connectivity index is 2.25. The Labute approximate surface area is 113 Å². The summed E-state index contributed by atoms with van der Waals surface area (Å²) in [5, 5.41) is 2.91. The second kappa shape index (κ2) is 5.22. The number of anilines is 1. The SMILES string of the molecule is Cc1cc(C)nc(C(=O)Nc2ccc(C)cc2C)c1. The topological polar surface area (TPSA) is 42.0 Å². The fourth-order valence-corrected chi connectivity index (χ4v) is 2.10. The number of hydrogen-bond donors (Lipinski definition) is 1. The summed E-state index contributed by atoms with van der Waals surface area (Å²) in [5.41, 5.74) is 5.41. The van der Waals surface area contributed by atoms with Gasteiger partial charge in [0.25, 0.3) is 5.91 Å². The lowest BCUT2D eigenvalue weighted by Crippen LogP contribution is -2.15. The van der Waals surface area contributed by atoms with E-state index in [-0.39, 0.29) is 5.91 Å². The minimum Gasteiger partial charge on any atom is -0.320 e. The van der Waals surface area contributed by atoms with Crippen LogP contribution in [0.1, 0.15) is 32.9 Å². The molecule has 1 N–H and O–H groups in total. The van der Waals surface area contributed by atoms with Gasteiger partial charge in [-0.25, -0.2) is 4.98 Å². The molecule has 0 radical (unpaired) electrons. The zero-order valence-corrected chi connectivity index (χ0v) is 11.7. The van der Waals surface area contributed by atoms with Crippen LogP contribution in [0.3, 0.4) is 0 Å². The summed E-state index contributed by atoms with van der Waals surface area (Å²) in [6.45, 7) is 7.87. The van der Waals surface area contributed by atoms with Gasteiger partial charge in [0.2, 0.25) is 0 Å². The minimum atomic E-state index is -0.168. The highest BCUT2D eigenvalue weighted by Crippen LogP contribution is 2.17. The van der Waals surface area contributed by atoms with Crippen LogP contribution < -0.4 is 5.32 Å². The van der Waals surface area contributed by atoms with Crippen LogP contribution in [0.15, 0.2) is 30.3 Å². The second-order valence-electron chi connectivity index (χ2n) is 4.94. The zero-order chi connectivity index (χ0) is 14.0. The molecule has 1 aromatic heterocycles. The first-order chi connectivity index (χ1) is 8.95. The normalized spacial score (nSPS) is 10.3. The summed E-state index contributed by atoms with van der Waals surface area (Å²) < 4.78 is 0. The molecule has 1 amide bonds. The van der Waals surface area contributed by atoms with E-state index in [0.717, 1.165) is 22.5 Å². The van der Waals surface area contributed by atoms with E-state index in [1.54, 1.807) is 6.07 Å². The summed E-state index contributed by atoms with van der Waals surface area (Å²) in [7, 11) is 0. The number of hydrogen-bond acceptors (Lipinski definition) is 2. The van der Waals surface area contributed by atoms with Gasteiger partial charge >= 0.3 is 0 Å². The Morgan fingerprint density at radius 1 is 1.00 bits per heavy atom. The lowest BCUT2D eigenvalue weighted by molar-refractivity contribution is 0.102. The van der Waals surface area contributed by atoms with Crippen molar-refractivity contribution >= 4 is 11.6 Å². The predicted octanol–water partition coefficient (Wildman–Crippen LogP) is 3.57. The van der Waals surface area contributed by atoms with Crippen molar-refractivity contribution in [2.24, 2.45) is 0 Å². The molecule has 1 heterocycles. The summed E-state index contributed by atoms with van der Waals surface area (Å²) >= 11 is 0. The number of rotatable bonds is 2. The first-order valence-electron chi connectivity index (χ1n) is 6.29. The van der Waals surface area contributed by atoms with Crippen molar-refractivity contribution in [3.8, 4) is 0 Å². The molecule has 0 atom stereocenters. The molecule has 19 heavy (non-hydrogen) atoms. The molecule has 0 saturated heterocycles. The Morgan fingerprint density at radius 2 is 1.74 bits per heavy atom. The molecule has 1 aromatic carbocycles. The number of carbonyl (C=O) groups is 1. The number of pyridine rings is 1. The van der Waals surface area contributed by atoms with Gasteiger partial charge in [0, 0.05) is 11.4 Å². The highest BCUT2D eigenvalue weighted by molar-refractivity contribution is 6.03. The van der Waals surface area contributed by atoms with Crippen LogP contribution in [0.25, 0.3) is 0 Å². The number of amides is 1. The Kier molecular flexibility index (Phi) is 3.65. The van der Waals surface area contributed by atoms with E-state index in [1.165, 1.54) is 5.56 Å². The predicted molar refractivity (Wildman–Crippen MR) is 77.6 cm³/mol. The van der Waals surface area contributed by atoms with Gasteiger partial charge < -0.3 is 5.32 Å². The number of aromatic nitrogens is 1. The van der Waals surface area contributed by atoms with Gasteiger partial charge in [-0.1, -0.05) is 17.7 Å². The Morgan fingerprint density at radius 3 is 2.37 bits per heavy atom. The molecule has 0 spiro atoms. The van der Waals surface area contributed by atoms with Gasteiger partial charge in [0.1, 0.15) is 5.69 Å².